The third-order valence-corrected chi connectivity index (χ3v) is 7.00. The van der Waals surface area contributed by atoms with Crippen molar-refractivity contribution in [3.05, 3.63) is 88.1 Å². The highest BCUT2D eigenvalue weighted by atomic mass is 32.2. The number of sulfonamides is 1. The zero-order chi connectivity index (χ0) is 22.1. The van der Waals surface area contributed by atoms with Crippen LogP contribution in [0.1, 0.15) is 27.2 Å². The molecule has 0 aliphatic carbocycles. The molecular weight excluding hydrogens is 430 g/mol. The molecule has 3 rings (SSSR count). The minimum absolute atomic E-state index is 0.0827. The smallest absolute Gasteiger partial charge is 0.251 e. The Morgan fingerprint density at radius 1 is 1.03 bits per heavy atom. The molecule has 3 aromatic rings. The third kappa shape index (κ3) is 7.29. The highest BCUT2D eigenvalue weighted by Crippen LogP contribution is 2.14. The van der Waals surface area contributed by atoms with Gasteiger partial charge in [0.1, 0.15) is 0 Å². The zero-order valence-corrected chi connectivity index (χ0v) is 19.1. The molecule has 0 fully saturated rings. The summed E-state index contributed by atoms with van der Waals surface area (Å²) in [6.45, 7) is 2.45. The second-order valence-corrected chi connectivity index (χ2v) is 10.1. The molecule has 0 saturated heterocycles. The number of carbonyl (C=O) groups is 1. The van der Waals surface area contributed by atoms with E-state index in [1.54, 1.807) is 12.1 Å². The fourth-order valence-electron chi connectivity index (χ4n) is 3.09. The Bertz CT molecular complexity index is 1070. The molecule has 0 radical (unpaired) electrons. The molecule has 0 aliphatic heterocycles. The van der Waals surface area contributed by atoms with E-state index >= 15 is 0 Å². The first-order valence-electron chi connectivity index (χ1n) is 10.1. The maximum Gasteiger partial charge on any atom is 0.251 e. The molecule has 2 aromatic carbocycles. The van der Waals surface area contributed by atoms with E-state index in [1.807, 2.05) is 42.8 Å². The van der Waals surface area contributed by atoms with Crippen LogP contribution in [0.5, 0.6) is 0 Å². The lowest BCUT2D eigenvalue weighted by atomic mass is 10.2. The van der Waals surface area contributed by atoms with Gasteiger partial charge in [0, 0.05) is 30.1 Å². The van der Waals surface area contributed by atoms with Crippen LogP contribution >= 0.6 is 11.3 Å². The number of nitrogens with one attached hydrogen (secondary N) is 2. The average molecular weight is 458 g/mol. The van der Waals surface area contributed by atoms with Crippen LogP contribution in [0.2, 0.25) is 0 Å². The first-order valence-corrected chi connectivity index (χ1v) is 12.4. The molecule has 8 heteroatoms. The lowest BCUT2D eigenvalue weighted by Gasteiger charge is -2.16. The second kappa shape index (κ2) is 11.2. The molecule has 6 nitrogen and oxygen atoms in total. The first-order chi connectivity index (χ1) is 14.9. The minimum Gasteiger partial charge on any atom is -0.352 e. The highest BCUT2D eigenvalue weighted by molar-refractivity contribution is 7.89. The maximum atomic E-state index is 12.5. The van der Waals surface area contributed by atoms with Gasteiger partial charge in [-0.15, -0.1) is 11.3 Å². The molecule has 0 bridgehead atoms. The van der Waals surface area contributed by atoms with Crippen LogP contribution < -0.4 is 10.0 Å². The van der Waals surface area contributed by atoms with E-state index < -0.39 is 10.0 Å². The summed E-state index contributed by atoms with van der Waals surface area (Å²) in [4.78, 5) is 15.7. The number of amides is 1. The summed E-state index contributed by atoms with van der Waals surface area (Å²) in [5.74, 6) is -0.277. The molecule has 0 unspecified atom stereocenters. The fourth-order valence-corrected chi connectivity index (χ4v) is 4.88. The standard InChI is InChI=1S/C23H27N3O3S2/c1-26(18-19-8-3-2-4-9-19)14-7-13-24-23(27)20-10-5-12-22(16-20)31(28,29)25-17-21-11-6-15-30-21/h2-6,8-12,15-16,25H,7,13-14,17-18H2,1H3,(H,24,27). The predicted octanol–water partition coefficient (Wildman–Crippen LogP) is 3.48. The van der Waals surface area contributed by atoms with Crippen LogP contribution in [0.4, 0.5) is 0 Å². The van der Waals surface area contributed by atoms with Crippen LogP contribution in [0.3, 0.4) is 0 Å². The van der Waals surface area contributed by atoms with Crippen molar-refractivity contribution in [3.8, 4) is 0 Å². The number of nitrogens with zero attached hydrogens (tertiary/aromatic N) is 1. The molecule has 1 heterocycles. The van der Waals surface area contributed by atoms with Gasteiger partial charge in [0.05, 0.1) is 4.90 Å². The Balaban J connectivity index is 1.47. The topological polar surface area (TPSA) is 78.5 Å². The molecule has 0 aliphatic rings. The van der Waals surface area contributed by atoms with E-state index in [1.165, 1.54) is 29.0 Å². The van der Waals surface area contributed by atoms with E-state index in [-0.39, 0.29) is 17.3 Å². The molecule has 0 atom stereocenters. The Labute approximate surface area is 188 Å². The summed E-state index contributed by atoms with van der Waals surface area (Å²) in [6, 6.07) is 20.1. The molecule has 0 spiro atoms. The number of hydrogen-bond acceptors (Lipinski definition) is 5. The van der Waals surface area contributed by atoms with Crippen LogP contribution in [0, 0.1) is 0 Å². The fraction of sp³-hybridized carbons (Fsp3) is 0.261. The summed E-state index contributed by atoms with van der Waals surface area (Å²) >= 11 is 1.49. The lowest BCUT2D eigenvalue weighted by molar-refractivity contribution is 0.0951. The number of hydrogen-bond donors (Lipinski definition) is 2. The van der Waals surface area contributed by atoms with Gasteiger partial charge in [-0.05, 0) is 55.2 Å². The van der Waals surface area contributed by atoms with E-state index in [0.717, 1.165) is 24.4 Å². The quantitative estimate of drug-likeness (QED) is 0.432. The highest BCUT2D eigenvalue weighted by Gasteiger charge is 2.16. The van der Waals surface area contributed by atoms with Gasteiger partial charge in [0.2, 0.25) is 10.0 Å². The minimum atomic E-state index is -3.69. The van der Waals surface area contributed by atoms with Gasteiger partial charge in [-0.25, -0.2) is 13.1 Å². The summed E-state index contributed by atoms with van der Waals surface area (Å²) in [5.41, 5.74) is 1.58. The Morgan fingerprint density at radius 3 is 2.58 bits per heavy atom. The molecule has 1 aromatic heterocycles. The summed E-state index contributed by atoms with van der Waals surface area (Å²) in [7, 11) is -1.64. The number of carbonyl (C=O) groups excluding carboxylic acids is 1. The van der Waals surface area contributed by atoms with Crippen molar-refractivity contribution in [2.75, 3.05) is 20.1 Å². The Morgan fingerprint density at radius 2 is 1.84 bits per heavy atom. The van der Waals surface area contributed by atoms with Crippen molar-refractivity contribution >= 4 is 27.3 Å². The number of thiophene rings is 1. The Hall–Kier alpha value is -2.52. The van der Waals surface area contributed by atoms with Gasteiger partial charge in [0.15, 0.2) is 0 Å². The van der Waals surface area contributed by atoms with Gasteiger partial charge in [-0.3, -0.25) is 4.79 Å². The third-order valence-electron chi connectivity index (χ3n) is 4.72. The van der Waals surface area contributed by atoms with Crippen LogP contribution in [0.25, 0.3) is 0 Å². The summed E-state index contributed by atoms with van der Waals surface area (Å²) < 4.78 is 27.7. The van der Waals surface area contributed by atoms with Crippen molar-refractivity contribution in [2.24, 2.45) is 0 Å². The van der Waals surface area contributed by atoms with Crippen molar-refractivity contribution in [3.63, 3.8) is 0 Å². The predicted molar refractivity (Wildman–Crippen MR) is 125 cm³/mol. The largest absolute Gasteiger partial charge is 0.352 e. The van der Waals surface area contributed by atoms with Gasteiger partial charge in [-0.1, -0.05) is 42.5 Å². The SMILES string of the molecule is CN(CCCNC(=O)c1cccc(S(=O)(=O)NCc2cccs2)c1)Cc1ccccc1. The monoisotopic (exact) mass is 457 g/mol. The van der Waals surface area contributed by atoms with E-state index in [9.17, 15) is 13.2 Å². The second-order valence-electron chi connectivity index (χ2n) is 7.26. The maximum absolute atomic E-state index is 12.5. The van der Waals surface area contributed by atoms with Gasteiger partial charge in [-0.2, -0.15) is 0 Å². The van der Waals surface area contributed by atoms with Gasteiger partial charge < -0.3 is 10.2 Å². The molecule has 2 N–H and O–H groups in total. The van der Waals surface area contributed by atoms with E-state index in [2.05, 4.69) is 27.1 Å². The van der Waals surface area contributed by atoms with Crippen molar-refractivity contribution < 1.29 is 13.2 Å². The van der Waals surface area contributed by atoms with Gasteiger partial charge >= 0.3 is 0 Å². The van der Waals surface area contributed by atoms with Gasteiger partial charge in [0.25, 0.3) is 5.91 Å². The average Bonchev–Trinajstić information content (AvgIpc) is 3.30. The summed E-state index contributed by atoms with van der Waals surface area (Å²) in [6.07, 6.45) is 0.801. The first kappa shape index (κ1) is 23.1. The molecule has 1 amide bonds. The zero-order valence-electron chi connectivity index (χ0n) is 17.5. The van der Waals surface area contributed by atoms with Crippen molar-refractivity contribution in [1.29, 1.82) is 0 Å². The van der Waals surface area contributed by atoms with Crippen LogP contribution in [-0.4, -0.2) is 39.4 Å². The number of rotatable bonds is 11. The lowest BCUT2D eigenvalue weighted by Crippen LogP contribution is -2.28. The number of benzene rings is 2. The van der Waals surface area contributed by atoms with Crippen molar-refractivity contribution in [2.45, 2.75) is 24.4 Å². The van der Waals surface area contributed by atoms with Crippen molar-refractivity contribution in [1.82, 2.24) is 14.9 Å². The van der Waals surface area contributed by atoms with E-state index in [4.69, 9.17) is 0 Å². The normalized spacial score (nSPS) is 11.5. The molecule has 164 valence electrons. The summed E-state index contributed by atoms with van der Waals surface area (Å²) in [5, 5.41) is 4.77. The molecule has 31 heavy (non-hydrogen) atoms. The molecular formula is C23H27N3O3S2. The van der Waals surface area contributed by atoms with E-state index in [0.29, 0.717) is 12.1 Å². The molecule has 0 saturated carbocycles. The van der Waals surface area contributed by atoms with Crippen LogP contribution in [-0.2, 0) is 23.1 Å². The Kier molecular flexibility index (Phi) is 8.36. The van der Waals surface area contributed by atoms with Crippen LogP contribution in [0.15, 0.2) is 77.0 Å².